The number of ether oxygens (including phenoxy) is 2. The van der Waals surface area contributed by atoms with Gasteiger partial charge in [0.15, 0.2) is 0 Å². The first kappa shape index (κ1) is 18.7. The summed E-state index contributed by atoms with van der Waals surface area (Å²) < 4.78 is 39.6. The normalized spacial score (nSPS) is 12.0. The fourth-order valence-corrected chi connectivity index (χ4v) is 2.65. The van der Waals surface area contributed by atoms with Gasteiger partial charge in [-0.05, 0) is 35.4 Å². The van der Waals surface area contributed by atoms with Crippen LogP contribution in [0.4, 0.5) is 8.78 Å². The second kappa shape index (κ2) is 8.55. The summed E-state index contributed by atoms with van der Waals surface area (Å²) in [6.07, 6.45) is 4.40. The number of hydrogen-bond acceptors (Lipinski definition) is 4. The molecular formula is C20H18F2N2O3. The fraction of sp³-hybridized carbons (Fsp3) is 0.200. The van der Waals surface area contributed by atoms with E-state index in [0.717, 1.165) is 11.6 Å². The molecule has 140 valence electrons. The van der Waals surface area contributed by atoms with E-state index in [2.05, 4.69) is 9.72 Å². The van der Waals surface area contributed by atoms with Crippen LogP contribution >= 0.6 is 0 Å². The first-order chi connectivity index (χ1) is 13.0. The van der Waals surface area contributed by atoms with Crippen molar-refractivity contribution in [1.29, 1.82) is 0 Å². The van der Waals surface area contributed by atoms with Crippen molar-refractivity contribution in [2.75, 3.05) is 7.11 Å². The number of imidazole rings is 1. The molecule has 0 N–H and O–H groups in total. The zero-order valence-electron chi connectivity index (χ0n) is 14.6. The van der Waals surface area contributed by atoms with Gasteiger partial charge in [0, 0.05) is 18.5 Å². The van der Waals surface area contributed by atoms with Crippen LogP contribution in [0.15, 0.2) is 61.2 Å². The topological polar surface area (TPSA) is 53.4 Å². The summed E-state index contributed by atoms with van der Waals surface area (Å²) in [7, 11) is 1.32. The maximum absolute atomic E-state index is 13.6. The molecule has 0 spiro atoms. The minimum Gasteiger partial charge on any atom is -0.465 e. The molecule has 1 unspecified atom stereocenters. The molecule has 1 heterocycles. The van der Waals surface area contributed by atoms with Crippen molar-refractivity contribution in [3.05, 3.63) is 89.5 Å². The van der Waals surface area contributed by atoms with Gasteiger partial charge in [-0.15, -0.1) is 0 Å². The number of methoxy groups -OCH3 is 1. The Morgan fingerprint density at radius 2 is 1.85 bits per heavy atom. The van der Waals surface area contributed by atoms with Gasteiger partial charge in [0.05, 0.1) is 32.2 Å². The first-order valence-corrected chi connectivity index (χ1v) is 8.26. The van der Waals surface area contributed by atoms with Crippen LogP contribution in [0.1, 0.15) is 27.6 Å². The smallest absolute Gasteiger partial charge is 0.337 e. The van der Waals surface area contributed by atoms with Gasteiger partial charge in [0.25, 0.3) is 0 Å². The maximum Gasteiger partial charge on any atom is 0.337 e. The lowest BCUT2D eigenvalue weighted by Crippen LogP contribution is -2.13. The maximum atomic E-state index is 13.6. The Kier molecular flexibility index (Phi) is 5.93. The highest BCUT2D eigenvalue weighted by molar-refractivity contribution is 5.89. The van der Waals surface area contributed by atoms with Crippen LogP contribution in [-0.4, -0.2) is 22.6 Å². The Morgan fingerprint density at radius 3 is 2.44 bits per heavy atom. The van der Waals surface area contributed by atoms with Crippen LogP contribution < -0.4 is 0 Å². The van der Waals surface area contributed by atoms with E-state index in [0.29, 0.717) is 17.7 Å². The molecule has 0 bridgehead atoms. The number of hydrogen-bond donors (Lipinski definition) is 0. The van der Waals surface area contributed by atoms with E-state index in [-0.39, 0.29) is 6.61 Å². The summed E-state index contributed by atoms with van der Waals surface area (Å²) in [5, 5.41) is 0. The van der Waals surface area contributed by atoms with E-state index in [4.69, 9.17) is 4.74 Å². The third kappa shape index (κ3) is 4.98. The number of esters is 1. The van der Waals surface area contributed by atoms with Crippen LogP contribution in [0.5, 0.6) is 0 Å². The largest absolute Gasteiger partial charge is 0.465 e. The summed E-state index contributed by atoms with van der Waals surface area (Å²) in [5.74, 6) is -1.74. The summed E-state index contributed by atoms with van der Waals surface area (Å²) >= 11 is 0. The monoisotopic (exact) mass is 372 g/mol. The highest BCUT2D eigenvalue weighted by atomic mass is 19.1. The summed E-state index contributed by atoms with van der Waals surface area (Å²) in [4.78, 5) is 15.5. The highest BCUT2D eigenvalue weighted by Crippen LogP contribution is 2.23. The van der Waals surface area contributed by atoms with Crippen LogP contribution in [0.2, 0.25) is 0 Å². The first-order valence-electron chi connectivity index (χ1n) is 8.26. The highest BCUT2D eigenvalue weighted by Gasteiger charge is 2.16. The zero-order chi connectivity index (χ0) is 19.2. The van der Waals surface area contributed by atoms with Crippen molar-refractivity contribution in [1.82, 2.24) is 9.55 Å². The van der Waals surface area contributed by atoms with Crippen molar-refractivity contribution in [3.63, 3.8) is 0 Å². The SMILES string of the molecule is COC(=O)c1ccc(COC(Cn2ccnc2)c2cc(F)cc(F)c2)cc1. The number of carbonyl (C=O) groups excluding carboxylic acids is 1. The molecule has 0 amide bonds. The molecule has 0 fully saturated rings. The average molecular weight is 372 g/mol. The molecule has 1 atom stereocenters. The molecule has 3 aromatic rings. The van der Waals surface area contributed by atoms with Crippen molar-refractivity contribution in [2.24, 2.45) is 0 Å². The van der Waals surface area contributed by atoms with Gasteiger partial charge in [-0.3, -0.25) is 0 Å². The quantitative estimate of drug-likeness (QED) is 0.590. The third-order valence-corrected chi connectivity index (χ3v) is 4.02. The van der Waals surface area contributed by atoms with Gasteiger partial charge < -0.3 is 14.0 Å². The molecule has 3 rings (SSSR count). The Balaban J connectivity index is 1.76. The van der Waals surface area contributed by atoms with Gasteiger partial charge in [-0.25, -0.2) is 18.6 Å². The van der Waals surface area contributed by atoms with Crippen LogP contribution in [0.3, 0.4) is 0 Å². The molecule has 1 aromatic heterocycles. The van der Waals surface area contributed by atoms with E-state index < -0.39 is 23.7 Å². The third-order valence-electron chi connectivity index (χ3n) is 4.02. The van der Waals surface area contributed by atoms with Crippen molar-refractivity contribution in [2.45, 2.75) is 19.3 Å². The van der Waals surface area contributed by atoms with Crippen molar-refractivity contribution in [3.8, 4) is 0 Å². The molecule has 27 heavy (non-hydrogen) atoms. The predicted octanol–water partition coefficient (Wildman–Crippen LogP) is 3.91. The molecule has 0 aliphatic heterocycles. The van der Waals surface area contributed by atoms with E-state index in [1.807, 2.05) is 0 Å². The molecule has 0 saturated heterocycles. The zero-order valence-corrected chi connectivity index (χ0v) is 14.6. The molecule has 0 radical (unpaired) electrons. The standard InChI is InChI=1S/C20H18F2N2O3/c1-26-20(25)15-4-2-14(3-5-15)12-27-19(11-24-7-6-23-13-24)16-8-17(21)10-18(22)9-16/h2-10,13,19H,11-12H2,1H3. The molecule has 0 aliphatic carbocycles. The van der Waals surface area contributed by atoms with E-state index >= 15 is 0 Å². The van der Waals surface area contributed by atoms with Crippen LogP contribution in [-0.2, 0) is 22.6 Å². The molecule has 5 nitrogen and oxygen atoms in total. The van der Waals surface area contributed by atoms with Crippen molar-refractivity contribution >= 4 is 5.97 Å². The van der Waals surface area contributed by atoms with Gasteiger partial charge in [0.1, 0.15) is 17.7 Å². The number of benzene rings is 2. The number of nitrogens with zero attached hydrogens (tertiary/aromatic N) is 2. The van der Waals surface area contributed by atoms with E-state index in [1.54, 1.807) is 47.6 Å². The molecule has 7 heteroatoms. The second-order valence-electron chi connectivity index (χ2n) is 5.95. The summed E-state index contributed by atoms with van der Waals surface area (Å²) in [6.45, 7) is 0.558. The average Bonchev–Trinajstić information content (AvgIpc) is 3.17. The van der Waals surface area contributed by atoms with Gasteiger partial charge >= 0.3 is 5.97 Å². The Bertz CT molecular complexity index is 876. The van der Waals surface area contributed by atoms with E-state index in [1.165, 1.54) is 19.2 Å². The Hall–Kier alpha value is -3.06. The summed E-state index contributed by atoms with van der Waals surface area (Å²) in [6, 6.07) is 10.1. The van der Waals surface area contributed by atoms with Gasteiger partial charge in [-0.2, -0.15) is 0 Å². The lowest BCUT2D eigenvalue weighted by atomic mass is 10.1. The molecule has 0 aliphatic rings. The minimum atomic E-state index is -0.660. The lowest BCUT2D eigenvalue weighted by Gasteiger charge is -2.19. The number of aromatic nitrogens is 2. The van der Waals surface area contributed by atoms with Crippen molar-refractivity contribution < 1.29 is 23.0 Å². The van der Waals surface area contributed by atoms with Crippen LogP contribution in [0.25, 0.3) is 0 Å². The molecular weight excluding hydrogens is 354 g/mol. The number of halogens is 2. The summed E-state index contributed by atoms with van der Waals surface area (Å²) in [5.41, 5.74) is 1.64. The van der Waals surface area contributed by atoms with Crippen LogP contribution in [0, 0.1) is 11.6 Å². The lowest BCUT2D eigenvalue weighted by molar-refractivity contribution is 0.0275. The fourth-order valence-electron chi connectivity index (χ4n) is 2.65. The Morgan fingerprint density at radius 1 is 1.15 bits per heavy atom. The van der Waals surface area contributed by atoms with Gasteiger partial charge in [-0.1, -0.05) is 12.1 Å². The second-order valence-corrected chi connectivity index (χ2v) is 5.95. The number of rotatable bonds is 7. The minimum absolute atomic E-state index is 0.207. The van der Waals surface area contributed by atoms with E-state index in [9.17, 15) is 13.6 Å². The van der Waals surface area contributed by atoms with Gasteiger partial charge in [0.2, 0.25) is 0 Å². The predicted molar refractivity (Wildman–Crippen MR) is 93.9 cm³/mol. The molecule has 0 saturated carbocycles. The Labute approximate surface area is 155 Å². The number of carbonyl (C=O) groups is 1. The molecule has 2 aromatic carbocycles.